The lowest BCUT2D eigenvalue weighted by Crippen LogP contribution is -2.14. The van der Waals surface area contributed by atoms with Crippen molar-refractivity contribution in [3.8, 4) is 11.8 Å². The first-order valence-electron chi connectivity index (χ1n) is 9.05. The number of nitrogens with zero attached hydrogens (tertiary/aromatic N) is 1. The minimum absolute atomic E-state index is 0.0386. The van der Waals surface area contributed by atoms with E-state index in [0.29, 0.717) is 18.0 Å². The number of ether oxygens (including phenoxy) is 1. The number of carbonyl (C=O) groups is 1. The first-order valence-corrected chi connectivity index (χ1v) is 10.1. The molecule has 0 heterocycles. The molecule has 0 fully saturated rings. The predicted molar refractivity (Wildman–Crippen MR) is 117 cm³/mol. The van der Waals surface area contributed by atoms with Crippen molar-refractivity contribution in [2.75, 3.05) is 11.9 Å². The van der Waals surface area contributed by atoms with Crippen molar-refractivity contribution >= 4 is 40.3 Å². The summed E-state index contributed by atoms with van der Waals surface area (Å²) in [6.07, 6.45) is 6.08. The number of nitriles is 1. The third-order valence-corrected chi connectivity index (χ3v) is 4.90. The van der Waals surface area contributed by atoms with Gasteiger partial charge in [-0.1, -0.05) is 56.5 Å². The summed E-state index contributed by atoms with van der Waals surface area (Å²) in [6, 6.07) is 16.9. The second kappa shape index (κ2) is 11.4. The first kappa shape index (κ1) is 21.0. The van der Waals surface area contributed by atoms with Crippen LogP contribution in [0.15, 0.2) is 54.1 Å². The molecule has 2 aromatic carbocycles. The SMILES string of the molecule is CCCCCCOc1ccccc1/C=C(/C#N)C(=O)Nc1ccccc1I. The number of para-hydroxylation sites is 2. The quantitative estimate of drug-likeness (QED) is 0.216. The number of unbranched alkanes of at least 4 members (excludes halogenated alkanes) is 3. The molecule has 0 aliphatic heterocycles. The third-order valence-electron chi connectivity index (χ3n) is 3.96. The fourth-order valence-corrected chi connectivity index (χ4v) is 3.02. The molecule has 0 aliphatic rings. The molecular weight excluding hydrogens is 451 g/mol. The van der Waals surface area contributed by atoms with Gasteiger partial charge in [-0.15, -0.1) is 0 Å². The van der Waals surface area contributed by atoms with Crippen LogP contribution >= 0.6 is 22.6 Å². The summed E-state index contributed by atoms with van der Waals surface area (Å²) >= 11 is 2.15. The summed E-state index contributed by atoms with van der Waals surface area (Å²) in [5, 5.41) is 12.2. The lowest BCUT2D eigenvalue weighted by atomic mass is 10.1. The minimum atomic E-state index is -0.431. The van der Waals surface area contributed by atoms with Gasteiger partial charge in [-0.25, -0.2) is 0 Å². The van der Waals surface area contributed by atoms with Crippen molar-refractivity contribution in [3.05, 3.63) is 63.2 Å². The van der Waals surface area contributed by atoms with Gasteiger partial charge < -0.3 is 10.1 Å². The smallest absolute Gasteiger partial charge is 0.266 e. The largest absolute Gasteiger partial charge is 0.493 e. The van der Waals surface area contributed by atoms with E-state index in [1.54, 1.807) is 6.08 Å². The molecule has 2 rings (SSSR count). The van der Waals surface area contributed by atoms with Crippen LogP contribution in [0.2, 0.25) is 0 Å². The molecule has 0 unspecified atom stereocenters. The number of benzene rings is 2. The highest BCUT2D eigenvalue weighted by atomic mass is 127. The maximum atomic E-state index is 12.5. The molecule has 27 heavy (non-hydrogen) atoms. The number of rotatable bonds is 9. The van der Waals surface area contributed by atoms with Crippen LogP contribution in [0.1, 0.15) is 38.2 Å². The van der Waals surface area contributed by atoms with Gasteiger partial charge in [0.15, 0.2) is 0 Å². The van der Waals surface area contributed by atoms with Crippen LogP contribution in [0.3, 0.4) is 0 Å². The van der Waals surface area contributed by atoms with Gasteiger partial charge in [0.1, 0.15) is 17.4 Å². The molecule has 5 heteroatoms. The molecule has 0 saturated heterocycles. The van der Waals surface area contributed by atoms with Crippen LogP contribution in [0.4, 0.5) is 5.69 Å². The van der Waals surface area contributed by atoms with E-state index >= 15 is 0 Å². The monoisotopic (exact) mass is 474 g/mol. The lowest BCUT2D eigenvalue weighted by molar-refractivity contribution is -0.112. The Morgan fingerprint density at radius 2 is 1.89 bits per heavy atom. The van der Waals surface area contributed by atoms with E-state index in [2.05, 4.69) is 34.8 Å². The normalized spacial score (nSPS) is 10.9. The number of nitrogens with one attached hydrogen (secondary N) is 1. The van der Waals surface area contributed by atoms with Crippen LogP contribution in [0, 0.1) is 14.9 Å². The van der Waals surface area contributed by atoms with Gasteiger partial charge in [-0.2, -0.15) is 5.26 Å². The number of amides is 1. The number of anilines is 1. The summed E-state index contributed by atoms with van der Waals surface area (Å²) < 4.78 is 6.77. The van der Waals surface area contributed by atoms with E-state index in [9.17, 15) is 10.1 Å². The minimum Gasteiger partial charge on any atom is -0.493 e. The van der Waals surface area contributed by atoms with Crippen LogP contribution in [-0.4, -0.2) is 12.5 Å². The molecule has 0 bridgehead atoms. The van der Waals surface area contributed by atoms with E-state index in [1.165, 1.54) is 12.8 Å². The van der Waals surface area contributed by atoms with E-state index in [-0.39, 0.29) is 5.57 Å². The van der Waals surface area contributed by atoms with Crippen molar-refractivity contribution in [3.63, 3.8) is 0 Å². The first-order chi connectivity index (χ1) is 13.2. The second-order valence-corrected chi connectivity index (χ2v) is 7.21. The van der Waals surface area contributed by atoms with E-state index in [0.717, 1.165) is 22.0 Å². The molecule has 4 nitrogen and oxygen atoms in total. The molecule has 0 saturated carbocycles. The zero-order valence-electron chi connectivity index (χ0n) is 15.4. The summed E-state index contributed by atoms with van der Waals surface area (Å²) in [6.45, 7) is 2.80. The molecular formula is C22H23IN2O2. The lowest BCUT2D eigenvalue weighted by Gasteiger charge is -2.10. The Hall–Kier alpha value is -2.33. The van der Waals surface area contributed by atoms with Crippen molar-refractivity contribution in [1.82, 2.24) is 0 Å². The Kier molecular flexibility index (Phi) is 8.85. The van der Waals surface area contributed by atoms with E-state index < -0.39 is 5.91 Å². The molecule has 0 aromatic heterocycles. The summed E-state index contributed by atoms with van der Waals surface area (Å²) in [7, 11) is 0. The van der Waals surface area contributed by atoms with Gasteiger partial charge in [-0.05, 0) is 53.3 Å². The van der Waals surface area contributed by atoms with Crippen LogP contribution in [0.5, 0.6) is 5.75 Å². The Morgan fingerprint density at radius 1 is 1.15 bits per heavy atom. The Balaban J connectivity index is 2.11. The highest BCUT2D eigenvalue weighted by Crippen LogP contribution is 2.23. The van der Waals surface area contributed by atoms with Gasteiger partial charge in [0.2, 0.25) is 0 Å². The van der Waals surface area contributed by atoms with E-state index in [1.807, 2.05) is 54.6 Å². The number of hydrogen-bond donors (Lipinski definition) is 1. The maximum absolute atomic E-state index is 12.5. The molecule has 140 valence electrons. The average Bonchev–Trinajstić information content (AvgIpc) is 2.68. The maximum Gasteiger partial charge on any atom is 0.266 e. The Bertz CT molecular complexity index is 840. The van der Waals surface area contributed by atoms with Gasteiger partial charge in [0.25, 0.3) is 5.91 Å². The zero-order chi connectivity index (χ0) is 19.5. The van der Waals surface area contributed by atoms with Crippen molar-refractivity contribution < 1.29 is 9.53 Å². The topological polar surface area (TPSA) is 62.1 Å². The number of halogens is 1. The standard InChI is InChI=1S/C22H23IN2O2/c1-2-3-4-9-14-27-21-13-8-5-10-17(21)15-18(16-24)22(26)25-20-12-7-6-11-19(20)23/h5-8,10-13,15H,2-4,9,14H2,1H3,(H,25,26)/b18-15-. The fraction of sp³-hybridized carbons (Fsp3) is 0.273. The molecule has 0 atom stereocenters. The fourth-order valence-electron chi connectivity index (χ4n) is 2.50. The Morgan fingerprint density at radius 3 is 2.63 bits per heavy atom. The molecule has 1 amide bonds. The predicted octanol–water partition coefficient (Wildman–Crippen LogP) is 5.80. The second-order valence-electron chi connectivity index (χ2n) is 6.05. The van der Waals surface area contributed by atoms with Crippen LogP contribution in [-0.2, 0) is 4.79 Å². The van der Waals surface area contributed by atoms with E-state index in [4.69, 9.17) is 4.74 Å². The highest BCUT2D eigenvalue weighted by molar-refractivity contribution is 14.1. The zero-order valence-corrected chi connectivity index (χ0v) is 17.5. The van der Waals surface area contributed by atoms with Crippen molar-refractivity contribution in [1.29, 1.82) is 5.26 Å². The average molecular weight is 474 g/mol. The molecule has 0 aliphatic carbocycles. The Labute approximate surface area is 174 Å². The van der Waals surface area contributed by atoms with Gasteiger partial charge in [0, 0.05) is 9.13 Å². The van der Waals surface area contributed by atoms with Crippen molar-refractivity contribution in [2.24, 2.45) is 0 Å². The van der Waals surface area contributed by atoms with Gasteiger partial charge in [0.05, 0.1) is 12.3 Å². The summed E-state index contributed by atoms with van der Waals surface area (Å²) in [5.74, 6) is 0.253. The van der Waals surface area contributed by atoms with Crippen molar-refractivity contribution in [2.45, 2.75) is 32.6 Å². The molecule has 1 N–H and O–H groups in total. The third kappa shape index (κ3) is 6.72. The summed E-state index contributed by atoms with van der Waals surface area (Å²) in [5.41, 5.74) is 1.45. The van der Waals surface area contributed by atoms with Gasteiger partial charge in [-0.3, -0.25) is 4.79 Å². The van der Waals surface area contributed by atoms with Crippen LogP contribution < -0.4 is 10.1 Å². The summed E-state index contributed by atoms with van der Waals surface area (Å²) in [4.78, 5) is 12.5. The molecule has 0 radical (unpaired) electrons. The number of hydrogen-bond acceptors (Lipinski definition) is 3. The molecule has 2 aromatic rings. The highest BCUT2D eigenvalue weighted by Gasteiger charge is 2.12. The molecule has 0 spiro atoms. The van der Waals surface area contributed by atoms with Crippen LogP contribution in [0.25, 0.3) is 6.08 Å². The number of carbonyl (C=O) groups excluding carboxylic acids is 1. The van der Waals surface area contributed by atoms with Gasteiger partial charge >= 0.3 is 0 Å².